The molecule has 6 heteroatoms. The summed E-state index contributed by atoms with van der Waals surface area (Å²) in [5.41, 5.74) is 0.310. The van der Waals surface area contributed by atoms with Gasteiger partial charge in [-0.25, -0.2) is 4.79 Å². The maximum absolute atomic E-state index is 10.8. The summed E-state index contributed by atoms with van der Waals surface area (Å²) < 4.78 is 10.7. The molecule has 0 aromatic heterocycles. The van der Waals surface area contributed by atoms with E-state index in [-0.39, 0.29) is 6.10 Å². The fourth-order valence-corrected chi connectivity index (χ4v) is 1.99. The van der Waals surface area contributed by atoms with Gasteiger partial charge in [0.05, 0.1) is 24.9 Å². The van der Waals surface area contributed by atoms with Gasteiger partial charge in [-0.05, 0) is 18.9 Å². The number of nitrogens with one attached hydrogen (secondary N) is 1. The van der Waals surface area contributed by atoms with Crippen LogP contribution in [-0.2, 0) is 19.1 Å². The first-order chi connectivity index (χ1) is 12.1. The van der Waals surface area contributed by atoms with E-state index in [0.29, 0.717) is 37.7 Å². The number of carboxylic acid groups (broad SMARTS) is 1. The lowest BCUT2D eigenvalue weighted by Crippen LogP contribution is -2.26. The van der Waals surface area contributed by atoms with Crippen LogP contribution in [0.15, 0.2) is 23.8 Å². The average Bonchev–Trinajstić information content (AvgIpc) is 3.10. The Labute approximate surface area is 152 Å². The first-order valence-corrected chi connectivity index (χ1v) is 8.96. The number of carboxylic acids is 1. The highest BCUT2D eigenvalue weighted by Crippen LogP contribution is 2.09. The highest BCUT2D eigenvalue weighted by molar-refractivity contribution is 5.89. The van der Waals surface area contributed by atoms with E-state index in [0.717, 1.165) is 19.3 Å². The Balaban J connectivity index is 0. The van der Waals surface area contributed by atoms with Crippen LogP contribution in [0.4, 0.5) is 0 Å². The summed E-state index contributed by atoms with van der Waals surface area (Å²) in [6.07, 6.45) is 8.45. The maximum atomic E-state index is 10.8. The van der Waals surface area contributed by atoms with E-state index < -0.39 is 5.97 Å². The molecule has 1 aliphatic heterocycles. The number of aldehydes is 1. The van der Waals surface area contributed by atoms with Crippen LogP contribution < -0.4 is 5.32 Å². The molecule has 1 rings (SSSR count). The van der Waals surface area contributed by atoms with Crippen LogP contribution in [0.2, 0.25) is 0 Å². The number of carbonyl (C=O) groups is 2. The lowest BCUT2D eigenvalue weighted by Gasteiger charge is -2.09. The Hall–Kier alpha value is -1.50. The van der Waals surface area contributed by atoms with Crippen molar-refractivity contribution in [1.29, 1.82) is 0 Å². The zero-order chi connectivity index (χ0) is 19.5. The van der Waals surface area contributed by atoms with Crippen LogP contribution in [0.25, 0.3) is 0 Å². The van der Waals surface area contributed by atoms with Crippen LogP contribution >= 0.6 is 0 Å². The molecule has 2 N–H and O–H groups in total. The molecule has 6 nitrogen and oxygen atoms in total. The summed E-state index contributed by atoms with van der Waals surface area (Å²) in [6, 6.07) is 0.323. The molecule has 0 saturated carbocycles. The molecule has 2 atom stereocenters. The Morgan fingerprint density at radius 1 is 1.28 bits per heavy atom. The molecular formula is C19H35NO5. The fourth-order valence-electron chi connectivity index (χ4n) is 1.99. The molecule has 1 fully saturated rings. The van der Waals surface area contributed by atoms with Crippen LogP contribution in [-0.4, -0.2) is 56.4 Å². The lowest BCUT2D eigenvalue weighted by molar-refractivity contribution is -0.132. The Morgan fingerprint density at radius 2 is 1.92 bits per heavy atom. The number of rotatable bonds is 9. The summed E-state index contributed by atoms with van der Waals surface area (Å²) >= 11 is 0. The maximum Gasteiger partial charge on any atom is 0.335 e. The van der Waals surface area contributed by atoms with Crippen molar-refractivity contribution in [2.24, 2.45) is 0 Å². The minimum atomic E-state index is -0.904. The molecule has 2 unspecified atom stereocenters. The summed E-state index contributed by atoms with van der Waals surface area (Å²) in [6.45, 7) is 9.62. The number of hydrogen-bond acceptors (Lipinski definition) is 5. The van der Waals surface area contributed by atoms with E-state index in [1.165, 1.54) is 0 Å². The lowest BCUT2D eigenvalue weighted by atomic mass is 10.2. The second-order valence-corrected chi connectivity index (χ2v) is 5.09. The molecule has 0 aliphatic carbocycles. The zero-order valence-corrected chi connectivity index (χ0v) is 16.3. The number of ether oxygens (including phenoxy) is 2. The molecule has 0 bridgehead atoms. The summed E-state index contributed by atoms with van der Waals surface area (Å²) in [5.74, 6) is -0.904. The fraction of sp³-hybridized carbons (Fsp3) is 0.684. The zero-order valence-electron chi connectivity index (χ0n) is 16.3. The second kappa shape index (κ2) is 18.8. The molecule has 0 aromatic rings. The molecule has 146 valence electrons. The first kappa shape index (κ1) is 25.7. The molecule has 0 aromatic carbocycles. The minimum Gasteiger partial charge on any atom is -0.478 e. The topological polar surface area (TPSA) is 84.9 Å². The predicted molar refractivity (Wildman–Crippen MR) is 101 cm³/mol. The third-order valence-electron chi connectivity index (χ3n) is 3.18. The standard InChI is InChI=1S/C14H23NO4.C3H6O.C2H6/c1-3-5-11(14(16)17)6-4-7-19-10-12-8-13(18-2)9-15-12;1-2-3-4;1-2/h4-6,12-13,15H,3,7-10H2,1-2H3,(H,16,17);3H,2H2,1H3;1-2H3/b6-4-,11-5+;;. The molecule has 1 aliphatic rings. The first-order valence-electron chi connectivity index (χ1n) is 8.96. The van der Waals surface area contributed by atoms with Gasteiger partial charge < -0.3 is 24.7 Å². The minimum absolute atomic E-state index is 0.273. The van der Waals surface area contributed by atoms with E-state index in [1.807, 2.05) is 27.7 Å². The number of methoxy groups -OCH3 is 1. The second-order valence-electron chi connectivity index (χ2n) is 5.09. The number of aliphatic carboxylic acids is 1. The van der Waals surface area contributed by atoms with Crippen molar-refractivity contribution in [2.45, 2.75) is 59.1 Å². The summed E-state index contributed by atoms with van der Waals surface area (Å²) in [7, 11) is 1.71. The highest BCUT2D eigenvalue weighted by atomic mass is 16.5. The predicted octanol–water partition coefficient (Wildman–Crippen LogP) is 2.98. The highest BCUT2D eigenvalue weighted by Gasteiger charge is 2.23. The van der Waals surface area contributed by atoms with Gasteiger partial charge in [-0.1, -0.05) is 39.8 Å². The Morgan fingerprint density at radius 3 is 2.36 bits per heavy atom. The molecule has 0 amide bonds. The van der Waals surface area contributed by atoms with E-state index in [9.17, 15) is 9.59 Å². The van der Waals surface area contributed by atoms with Gasteiger partial charge in [0, 0.05) is 26.1 Å². The van der Waals surface area contributed by atoms with Gasteiger partial charge >= 0.3 is 5.97 Å². The van der Waals surface area contributed by atoms with Crippen molar-refractivity contribution in [3.8, 4) is 0 Å². The monoisotopic (exact) mass is 357 g/mol. The summed E-state index contributed by atoms with van der Waals surface area (Å²) in [5, 5.41) is 12.2. The van der Waals surface area contributed by atoms with Gasteiger partial charge in [-0.2, -0.15) is 0 Å². The molecule has 25 heavy (non-hydrogen) atoms. The van der Waals surface area contributed by atoms with Crippen molar-refractivity contribution in [2.75, 3.05) is 26.9 Å². The molecular weight excluding hydrogens is 322 g/mol. The van der Waals surface area contributed by atoms with Gasteiger partial charge in [-0.3, -0.25) is 0 Å². The van der Waals surface area contributed by atoms with E-state index in [4.69, 9.17) is 14.6 Å². The van der Waals surface area contributed by atoms with E-state index >= 15 is 0 Å². The van der Waals surface area contributed by atoms with Crippen LogP contribution in [0.3, 0.4) is 0 Å². The number of carbonyl (C=O) groups excluding carboxylic acids is 1. The van der Waals surface area contributed by atoms with Gasteiger partial charge in [0.25, 0.3) is 0 Å². The largest absolute Gasteiger partial charge is 0.478 e. The van der Waals surface area contributed by atoms with Crippen LogP contribution in [0, 0.1) is 0 Å². The summed E-state index contributed by atoms with van der Waals surface area (Å²) in [4.78, 5) is 20.0. The molecule has 1 heterocycles. The van der Waals surface area contributed by atoms with Gasteiger partial charge in [0.1, 0.15) is 6.29 Å². The van der Waals surface area contributed by atoms with Gasteiger partial charge in [-0.15, -0.1) is 0 Å². The Bertz CT molecular complexity index is 393. The third-order valence-corrected chi connectivity index (χ3v) is 3.18. The SMILES string of the molecule is CC.CC/C=C(\C=C/COCC1CC(OC)CN1)C(=O)O.CCC=O. The third kappa shape index (κ3) is 14.5. The molecule has 0 radical (unpaired) electrons. The van der Waals surface area contributed by atoms with Crippen molar-refractivity contribution < 1.29 is 24.2 Å². The smallest absolute Gasteiger partial charge is 0.335 e. The van der Waals surface area contributed by atoms with Crippen molar-refractivity contribution in [3.05, 3.63) is 23.8 Å². The normalized spacial score (nSPS) is 19.6. The average molecular weight is 357 g/mol. The molecule has 1 saturated heterocycles. The van der Waals surface area contributed by atoms with Gasteiger partial charge in [0.2, 0.25) is 0 Å². The van der Waals surface area contributed by atoms with Crippen molar-refractivity contribution in [1.82, 2.24) is 5.32 Å². The molecule has 0 spiro atoms. The van der Waals surface area contributed by atoms with E-state index in [2.05, 4.69) is 5.32 Å². The quantitative estimate of drug-likeness (QED) is 0.286. The van der Waals surface area contributed by atoms with Crippen LogP contribution in [0.1, 0.15) is 47.0 Å². The van der Waals surface area contributed by atoms with Crippen molar-refractivity contribution in [3.63, 3.8) is 0 Å². The van der Waals surface area contributed by atoms with E-state index in [1.54, 1.807) is 25.3 Å². The van der Waals surface area contributed by atoms with Gasteiger partial charge in [0.15, 0.2) is 0 Å². The number of hydrogen-bond donors (Lipinski definition) is 2. The van der Waals surface area contributed by atoms with Crippen LogP contribution in [0.5, 0.6) is 0 Å². The number of allylic oxidation sites excluding steroid dienone is 1. The Kier molecular flexibility index (Phi) is 19.4. The van der Waals surface area contributed by atoms with Crippen molar-refractivity contribution >= 4 is 12.3 Å².